The van der Waals surface area contributed by atoms with Crippen LogP contribution >= 0.6 is 11.6 Å². The molecule has 1 aliphatic heterocycles. The summed E-state index contributed by atoms with van der Waals surface area (Å²) >= 11 is 5.94. The molecule has 1 aromatic heterocycles. The normalized spacial score (nSPS) is 15.7. The first-order valence-electron chi connectivity index (χ1n) is 9.96. The van der Waals surface area contributed by atoms with E-state index in [0.29, 0.717) is 16.5 Å². The molecule has 2 aromatic carbocycles. The smallest absolute Gasteiger partial charge is 0.255 e. The molecule has 168 valence electrons. The third-order valence-corrected chi connectivity index (χ3v) is 5.14. The van der Waals surface area contributed by atoms with Crippen molar-refractivity contribution in [1.82, 2.24) is 9.88 Å². The molecule has 0 radical (unpaired) electrons. The number of rotatable bonds is 6. The molecule has 0 spiro atoms. The molecule has 2 amide bonds. The molecule has 10 heteroatoms. The van der Waals surface area contributed by atoms with E-state index >= 15 is 0 Å². The highest BCUT2D eigenvalue weighted by Gasteiger charge is 2.35. The summed E-state index contributed by atoms with van der Waals surface area (Å²) in [5, 5.41) is 3.65. The minimum Gasteiger partial charge on any atom is -0.436 e. The van der Waals surface area contributed by atoms with E-state index in [1.165, 1.54) is 23.2 Å². The SMILES string of the molecule is NC(=O)C1CN=C(Nc2ccc(Oc3ncccc3F)cc2)N(Cc2ccc(Cl)cc2)C1=O. The van der Waals surface area contributed by atoms with Crippen LogP contribution in [0, 0.1) is 11.7 Å². The number of halogens is 2. The quantitative estimate of drug-likeness (QED) is 0.538. The number of guanidine groups is 1. The summed E-state index contributed by atoms with van der Waals surface area (Å²) in [7, 11) is 0. The molecule has 3 aromatic rings. The molecular weight excluding hydrogens is 449 g/mol. The monoisotopic (exact) mass is 467 g/mol. The zero-order valence-corrected chi connectivity index (χ0v) is 18.0. The Bertz CT molecular complexity index is 1200. The van der Waals surface area contributed by atoms with Gasteiger partial charge in [-0.15, -0.1) is 0 Å². The van der Waals surface area contributed by atoms with Crippen LogP contribution in [-0.4, -0.2) is 34.2 Å². The maximum Gasteiger partial charge on any atom is 0.255 e. The number of ether oxygens (including phenoxy) is 1. The fraction of sp³-hybridized carbons (Fsp3) is 0.130. The minimum atomic E-state index is -1.04. The van der Waals surface area contributed by atoms with E-state index in [0.717, 1.165) is 5.56 Å². The average Bonchev–Trinajstić information content (AvgIpc) is 2.80. The zero-order valence-electron chi connectivity index (χ0n) is 17.2. The Labute approximate surface area is 193 Å². The number of hydrogen-bond donors (Lipinski definition) is 2. The van der Waals surface area contributed by atoms with Crippen molar-refractivity contribution < 1.29 is 18.7 Å². The molecule has 0 aliphatic carbocycles. The van der Waals surface area contributed by atoms with Crippen molar-refractivity contribution in [3.8, 4) is 11.6 Å². The summed E-state index contributed by atoms with van der Waals surface area (Å²) in [6.45, 7) is 0.125. The highest BCUT2D eigenvalue weighted by Crippen LogP contribution is 2.24. The molecule has 0 saturated carbocycles. The third-order valence-electron chi connectivity index (χ3n) is 4.89. The number of amides is 2. The first-order valence-corrected chi connectivity index (χ1v) is 10.3. The number of benzene rings is 2. The second-order valence-corrected chi connectivity index (χ2v) is 7.65. The number of nitrogens with zero attached hydrogens (tertiary/aromatic N) is 3. The highest BCUT2D eigenvalue weighted by atomic mass is 35.5. The third kappa shape index (κ3) is 5.27. The lowest BCUT2D eigenvalue weighted by atomic mass is 10.1. The van der Waals surface area contributed by atoms with Gasteiger partial charge in [-0.2, -0.15) is 0 Å². The topological polar surface area (TPSA) is 110 Å². The number of pyridine rings is 1. The molecule has 8 nitrogen and oxygen atoms in total. The van der Waals surface area contributed by atoms with Crippen molar-refractivity contribution in [3.63, 3.8) is 0 Å². The Hall–Kier alpha value is -3.98. The van der Waals surface area contributed by atoms with Crippen LogP contribution in [0.4, 0.5) is 10.1 Å². The van der Waals surface area contributed by atoms with Crippen LogP contribution in [0.1, 0.15) is 5.56 Å². The maximum atomic E-state index is 13.7. The van der Waals surface area contributed by atoms with Crippen molar-refractivity contribution >= 4 is 35.1 Å². The van der Waals surface area contributed by atoms with Gasteiger partial charge in [-0.1, -0.05) is 23.7 Å². The number of carbonyl (C=O) groups is 2. The van der Waals surface area contributed by atoms with E-state index in [4.69, 9.17) is 22.1 Å². The maximum absolute atomic E-state index is 13.7. The highest BCUT2D eigenvalue weighted by molar-refractivity contribution is 6.30. The van der Waals surface area contributed by atoms with Crippen LogP contribution in [0.3, 0.4) is 0 Å². The molecule has 1 atom stereocenters. The Morgan fingerprint density at radius 1 is 1.18 bits per heavy atom. The lowest BCUT2D eigenvalue weighted by Gasteiger charge is -2.31. The number of primary amides is 1. The van der Waals surface area contributed by atoms with Crippen molar-refractivity contribution in [3.05, 3.63) is 83.3 Å². The number of aliphatic imine (C=N–C) groups is 1. The van der Waals surface area contributed by atoms with E-state index in [2.05, 4.69) is 15.3 Å². The van der Waals surface area contributed by atoms with Crippen molar-refractivity contribution in [2.45, 2.75) is 6.54 Å². The van der Waals surface area contributed by atoms with E-state index in [1.54, 1.807) is 48.5 Å². The van der Waals surface area contributed by atoms with E-state index in [9.17, 15) is 14.0 Å². The van der Waals surface area contributed by atoms with Crippen molar-refractivity contribution in [1.29, 1.82) is 0 Å². The van der Waals surface area contributed by atoms with Gasteiger partial charge < -0.3 is 15.8 Å². The molecule has 0 bridgehead atoms. The van der Waals surface area contributed by atoms with Gasteiger partial charge in [0.2, 0.25) is 17.8 Å². The second-order valence-electron chi connectivity index (χ2n) is 7.21. The Balaban J connectivity index is 1.52. The molecule has 0 fully saturated rings. The minimum absolute atomic E-state index is 0.0479. The average molecular weight is 468 g/mol. The van der Waals surface area contributed by atoms with Crippen LogP contribution in [-0.2, 0) is 16.1 Å². The van der Waals surface area contributed by atoms with Crippen LogP contribution in [0.15, 0.2) is 71.9 Å². The van der Waals surface area contributed by atoms with Gasteiger partial charge in [-0.05, 0) is 54.1 Å². The molecule has 1 unspecified atom stereocenters. The van der Waals surface area contributed by atoms with E-state index in [-0.39, 0.29) is 24.9 Å². The number of nitrogens with two attached hydrogens (primary N) is 1. The lowest BCUT2D eigenvalue weighted by molar-refractivity contribution is -0.138. The standard InChI is InChI=1S/C23H19ClFN5O3/c24-15-5-3-14(4-6-15)13-30-22(32)18(20(26)31)12-28-23(30)29-16-7-9-17(10-8-16)33-21-19(25)2-1-11-27-21/h1-11,18H,12-13H2,(H2,26,31)(H,28,29). The summed E-state index contributed by atoms with van der Waals surface area (Å²) in [5.41, 5.74) is 6.79. The molecule has 2 heterocycles. The van der Waals surface area contributed by atoms with Gasteiger partial charge >= 0.3 is 0 Å². The van der Waals surface area contributed by atoms with Crippen LogP contribution < -0.4 is 15.8 Å². The van der Waals surface area contributed by atoms with Gasteiger partial charge in [0.25, 0.3) is 5.88 Å². The number of nitrogens with one attached hydrogen (secondary N) is 1. The van der Waals surface area contributed by atoms with Crippen molar-refractivity contribution in [2.24, 2.45) is 16.6 Å². The van der Waals surface area contributed by atoms with Gasteiger partial charge in [0.15, 0.2) is 5.82 Å². The molecule has 3 N–H and O–H groups in total. The first kappa shape index (κ1) is 22.2. The molecular formula is C23H19ClFN5O3. The summed E-state index contributed by atoms with van der Waals surface area (Å²) in [6, 6.07) is 16.3. The fourth-order valence-electron chi connectivity index (χ4n) is 3.17. The van der Waals surface area contributed by atoms with E-state index in [1.807, 2.05) is 0 Å². The van der Waals surface area contributed by atoms with Gasteiger partial charge in [-0.3, -0.25) is 19.5 Å². The fourth-order valence-corrected chi connectivity index (χ4v) is 3.30. The lowest BCUT2D eigenvalue weighted by Crippen LogP contribution is -2.51. The van der Waals surface area contributed by atoms with Gasteiger partial charge in [0.05, 0.1) is 13.1 Å². The summed E-state index contributed by atoms with van der Waals surface area (Å²) in [5.74, 6) is -2.26. The number of aromatic nitrogens is 1. The molecule has 0 saturated heterocycles. The Morgan fingerprint density at radius 2 is 1.91 bits per heavy atom. The molecule has 1 aliphatic rings. The van der Waals surface area contributed by atoms with Gasteiger partial charge in [0.1, 0.15) is 11.7 Å². The van der Waals surface area contributed by atoms with Crippen LogP contribution in [0.2, 0.25) is 5.02 Å². The Morgan fingerprint density at radius 3 is 2.58 bits per heavy atom. The number of hydrogen-bond acceptors (Lipinski definition) is 6. The first-order chi connectivity index (χ1) is 15.9. The predicted molar refractivity (Wildman–Crippen MR) is 121 cm³/mol. The number of carbonyl (C=O) groups excluding carboxylic acids is 2. The second kappa shape index (κ2) is 9.66. The summed E-state index contributed by atoms with van der Waals surface area (Å²) < 4.78 is 19.2. The van der Waals surface area contributed by atoms with E-state index < -0.39 is 23.5 Å². The largest absolute Gasteiger partial charge is 0.436 e. The Kier molecular flexibility index (Phi) is 6.50. The summed E-state index contributed by atoms with van der Waals surface area (Å²) in [4.78, 5) is 34.2. The van der Waals surface area contributed by atoms with Gasteiger partial charge in [-0.25, -0.2) is 9.37 Å². The van der Waals surface area contributed by atoms with Gasteiger partial charge in [0, 0.05) is 16.9 Å². The van der Waals surface area contributed by atoms with Crippen molar-refractivity contribution in [2.75, 3.05) is 11.9 Å². The molecule has 4 rings (SSSR count). The zero-order chi connectivity index (χ0) is 23.4. The predicted octanol–water partition coefficient (Wildman–Crippen LogP) is 3.58. The summed E-state index contributed by atoms with van der Waals surface area (Å²) in [6.07, 6.45) is 1.43. The van der Waals surface area contributed by atoms with Crippen LogP contribution in [0.25, 0.3) is 0 Å². The molecule has 33 heavy (non-hydrogen) atoms. The van der Waals surface area contributed by atoms with Crippen LogP contribution in [0.5, 0.6) is 11.6 Å². The number of anilines is 1.